The van der Waals surface area contributed by atoms with E-state index in [9.17, 15) is 18.0 Å². The summed E-state index contributed by atoms with van der Waals surface area (Å²) in [7, 11) is 3.34. The molecule has 2 heterocycles. The van der Waals surface area contributed by atoms with E-state index in [0.29, 0.717) is 31.8 Å². The van der Waals surface area contributed by atoms with Crippen LogP contribution in [-0.2, 0) is 4.79 Å². The van der Waals surface area contributed by atoms with E-state index in [4.69, 9.17) is 0 Å². The average molecular weight is 363 g/mol. The molecule has 0 bridgehead atoms. The first kappa shape index (κ1) is 19.8. The van der Waals surface area contributed by atoms with Gasteiger partial charge in [0, 0.05) is 52.7 Å². The van der Waals surface area contributed by atoms with Gasteiger partial charge in [-0.1, -0.05) is 0 Å². The lowest BCUT2D eigenvalue weighted by molar-refractivity contribution is -0.143. The summed E-state index contributed by atoms with van der Waals surface area (Å²) in [5, 5.41) is 5.96. The number of aliphatic imine (C=N–C) groups is 1. The van der Waals surface area contributed by atoms with Crippen molar-refractivity contribution in [2.24, 2.45) is 10.9 Å². The fourth-order valence-corrected chi connectivity index (χ4v) is 3.54. The molecule has 2 saturated heterocycles. The molecule has 0 radical (unpaired) electrons. The lowest BCUT2D eigenvalue weighted by Crippen LogP contribution is -2.50. The van der Waals surface area contributed by atoms with Crippen LogP contribution in [0.3, 0.4) is 0 Å². The summed E-state index contributed by atoms with van der Waals surface area (Å²) >= 11 is 0. The smallest absolute Gasteiger partial charge is 0.359 e. The minimum Gasteiger partial charge on any atom is -0.359 e. The zero-order valence-corrected chi connectivity index (χ0v) is 14.9. The number of carbonyl (C=O) groups is 1. The lowest BCUT2D eigenvalue weighted by atomic mass is 9.93. The fraction of sp³-hybridized carbons (Fsp3) is 0.875. The standard InChI is InChI=1S/C16H28F3N5O/c1-20-14(25)9-12-3-7-24(8-4-12)15(21-2)22-13-5-6-23(10-13)11-16(17,18)19/h12-13H,3-11H2,1-2H3,(H,20,25)(H,21,22). The van der Waals surface area contributed by atoms with E-state index in [1.54, 1.807) is 14.1 Å². The zero-order valence-electron chi connectivity index (χ0n) is 14.9. The van der Waals surface area contributed by atoms with Gasteiger partial charge in [-0.3, -0.25) is 14.7 Å². The molecule has 6 nitrogen and oxygen atoms in total. The number of halogens is 3. The minimum atomic E-state index is -4.15. The monoisotopic (exact) mass is 363 g/mol. The third-order valence-corrected chi connectivity index (χ3v) is 4.89. The van der Waals surface area contributed by atoms with Crippen LogP contribution in [0.1, 0.15) is 25.7 Å². The SMILES string of the molecule is CN=C(NC1CCN(CC(F)(F)F)C1)N1CCC(CC(=O)NC)CC1. The van der Waals surface area contributed by atoms with Crippen LogP contribution in [0, 0.1) is 5.92 Å². The number of alkyl halides is 3. The quantitative estimate of drug-likeness (QED) is 0.579. The average Bonchev–Trinajstić information content (AvgIpc) is 2.98. The second kappa shape index (κ2) is 8.73. The van der Waals surface area contributed by atoms with E-state index in [0.717, 1.165) is 31.9 Å². The van der Waals surface area contributed by atoms with Gasteiger partial charge in [-0.05, 0) is 25.2 Å². The summed E-state index contributed by atoms with van der Waals surface area (Å²) in [5.41, 5.74) is 0. The van der Waals surface area contributed by atoms with Crippen molar-refractivity contribution < 1.29 is 18.0 Å². The number of nitrogens with zero attached hydrogens (tertiary/aromatic N) is 3. The highest BCUT2D eigenvalue weighted by Crippen LogP contribution is 2.22. The van der Waals surface area contributed by atoms with Crippen molar-refractivity contribution >= 4 is 11.9 Å². The summed E-state index contributed by atoms with van der Waals surface area (Å²) < 4.78 is 37.5. The molecule has 2 rings (SSSR count). The number of hydrogen-bond acceptors (Lipinski definition) is 3. The summed E-state index contributed by atoms with van der Waals surface area (Å²) in [4.78, 5) is 19.3. The van der Waals surface area contributed by atoms with Crippen molar-refractivity contribution in [1.82, 2.24) is 20.4 Å². The van der Waals surface area contributed by atoms with Crippen LogP contribution in [0.15, 0.2) is 4.99 Å². The molecular weight excluding hydrogens is 335 g/mol. The highest BCUT2D eigenvalue weighted by atomic mass is 19.4. The molecule has 2 N–H and O–H groups in total. The van der Waals surface area contributed by atoms with Crippen molar-refractivity contribution in [1.29, 1.82) is 0 Å². The maximum Gasteiger partial charge on any atom is 0.401 e. The van der Waals surface area contributed by atoms with Crippen molar-refractivity contribution in [2.45, 2.75) is 37.9 Å². The van der Waals surface area contributed by atoms with Gasteiger partial charge in [-0.2, -0.15) is 13.2 Å². The molecule has 0 saturated carbocycles. The number of amides is 1. The van der Waals surface area contributed by atoms with Crippen LogP contribution in [-0.4, -0.2) is 80.7 Å². The molecular formula is C16H28F3N5O. The number of nitrogens with one attached hydrogen (secondary N) is 2. The van der Waals surface area contributed by atoms with Gasteiger partial charge in [0.1, 0.15) is 0 Å². The number of likely N-dealkylation sites (tertiary alicyclic amines) is 2. The predicted molar refractivity (Wildman–Crippen MR) is 90.4 cm³/mol. The van der Waals surface area contributed by atoms with Gasteiger partial charge in [0.2, 0.25) is 5.91 Å². The van der Waals surface area contributed by atoms with E-state index >= 15 is 0 Å². The van der Waals surface area contributed by atoms with Crippen molar-refractivity contribution in [2.75, 3.05) is 46.8 Å². The van der Waals surface area contributed by atoms with Crippen LogP contribution in [0.5, 0.6) is 0 Å². The Bertz CT molecular complexity index is 475. The molecule has 0 aromatic carbocycles. The molecule has 0 aromatic rings. The van der Waals surface area contributed by atoms with Crippen molar-refractivity contribution in [3.8, 4) is 0 Å². The fourth-order valence-electron chi connectivity index (χ4n) is 3.54. The summed E-state index contributed by atoms with van der Waals surface area (Å²) in [6.07, 6.45) is -1.09. The van der Waals surface area contributed by atoms with Gasteiger partial charge in [0.15, 0.2) is 5.96 Å². The lowest BCUT2D eigenvalue weighted by Gasteiger charge is -2.35. The van der Waals surface area contributed by atoms with Gasteiger partial charge in [0.05, 0.1) is 6.54 Å². The van der Waals surface area contributed by atoms with Crippen LogP contribution in [0.25, 0.3) is 0 Å². The maximum atomic E-state index is 12.5. The topological polar surface area (TPSA) is 60.0 Å². The van der Waals surface area contributed by atoms with Crippen molar-refractivity contribution in [3.05, 3.63) is 0 Å². The molecule has 144 valence electrons. The Morgan fingerprint density at radius 3 is 2.44 bits per heavy atom. The molecule has 0 spiro atoms. The van der Waals surface area contributed by atoms with Gasteiger partial charge in [0.25, 0.3) is 0 Å². The van der Waals surface area contributed by atoms with E-state index in [2.05, 4.69) is 20.5 Å². The Morgan fingerprint density at radius 1 is 1.20 bits per heavy atom. The van der Waals surface area contributed by atoms with Gasteiger partial charge in [-0.25, -0.2) is 0 Å². The van der Waals surface area contributed by atoms with Gasteiger partial charge in [-0.15, -0.1) is 0 Å². The zero-order chi connectivity index (χ0) is 18.4. The first-order valence-corrected chi connectivity index (χ1v) is 8.78. The largest absolute Gasteiger partial charge is 0.401 e. The Hall–Kier alpha value is -1.51. The Balaban J connectivity index is 1.77. The normalized spacial score (nSPS) is 23.8. The number of rotatable bonds is 4. The highest BCUT2D eigenvalue weighted by molar-refractivity contribution is 5.80. The summed E-state index contributed by atoms with van der Waals surface area (Å²) in [6, 6.07) is -0.00959. The first-order chi connectivity index (χ1) is 11.8. The van der Waals surface area contributed by atoms with Crippen molar-refractivity contribution in [3.63, 3.8) is 0 Å². The number of carbonyl (C=O) groups excluding carboxylic acids is 1. The van der Waals surface area contributed by atoms with E-state index in [1.807, 2.05) is 0 Å². The second-order valence-electron chi connectivity index (χ2n) is 6.84. The molecule has 1 atom stereocenters. The third kappa shape index (κ3) is 6.37. The molecule has 0 aromatic heterocycles. The van der Waals surface area contributed by atoms with Gasteiger partial charge < -0.3 is 15.5 Å². The molecule has 9 heteroatoms. The highest BCUT2D eigenvalue weighted by Gasteiger charge is 2.35. The minimum absolute atomic E-state index is 0.00959. The molecule has 2 aliphatic rings. The Kier molecular flexibility index (Phi) is 6.92. The molecule has 2 aliphatic heterocycles. The first-order valence-electron chi connectivity index (χ1n) is 8.78. The molecule has 0 aliphatic carbocycles. The molecule has 25 heavy (non-hydrogen) atoms. The van der Waals surface area contributed by atoms with E-state index in [-0.39, 0.29) is 11.9 Å². The predicted octanol–water partition coefficient (Wildman–Crippen LogP) is 1.05. The number of piperidine rings is 1. The number of guanidine groups is 1. The molecule has 2 fully saturated rings. The van der Waals surface area contributed by atoms with Crippen LogP contribution in [0.2, 0.25) is 0 Å². The molecule has 1 unspecified atom stereocenters. The summed E-state index contributed by atoms with van der Waals surface area (Å²) in [6.45, 7) is 1.59. The third-order valence-electron chi connectivity index (χ3n) is 4.89. The van der Waals surface area contributed by atoms with E-state index in [1.165, 1.54) is 4.90 Å². The van der Waals surface area contributed by atoms with E-state index < -0.39 is 12.7 Å². The van der Waals surface area contributed by atoms with Crippen LogP contribution >= 0.6 is 0 Å². The summed E-state index contributed by atoms with van der Waals surface area (Å²) in [5.74, 6) is 1.19. The maximum absolute atomic E-state index is 12.5. The number of hydrogen-bond donors (Lipinski definition) is 2. The van der Waals surface area contributed by atoms with Crippen LogP contribution < -0.4 is 10.6 Å². The second-order valence-corrected chi connectivity index (χ2v) is 6.84. The Labute approximate surface area is 146 Å². The molecule has 1 amide bonds. The van der Waals surface area contributed by atoms with Gasteiger partial charge >= 0.3 is 6.18 Å². The Morgan fingerprint density at radius 2 is 1.88 bits per heavy atom. The van der Waals surface area contributed by atoms with Crippen LogP contribution in [0.4, 0.5) is 13.2 Å².